The van der Waals surface area contributed by atoms with Gasteiger partial charge in [-0.05, 0) is 84.9 Å². The van der Waals surface area contributed by atoms with Crippen molar-refractivity contribution < 1.29 is 15.0 Å². The Balaban J connectivity index is 0.000000401. The van der Waals surface area contributed by atoms with Gasteiger partial charge in [0.15, 0.2) is 0 Å². The standard InChI is InChI=1S/C25H43.C4H2N.Ni/c1-16(2)21-10-8-18(4)23-20-11-13-24(5)15-17(3)7-9-22(24)19(20)12-14-25(21,23)6;1-4(2)3-5;/h16-23H,1,7-15H2,2-6H3;1-2H;/q2*-1;/t16-,17+,18-,19?,20-,21-,22-,23?,24-,25-;;/m1../s1. The van der Waals surface area contributed by atoms with Gasteiger partial charge in [0.2, 0.25) is 0 Å². The van der Waals surface area contributed by atoms with E-state index in [2.05, 4.69) is 56.6 Å². The van der Waals surface area contributed by atoms with Crippen LogP contribution in [0.3, 0.4) is 0 Å². The van der Waals surface area contributed by atoms with E-state index in [1.165, 1.54) is 62.8 Å². The quantitative estimate of drug-likeness (QED) is 0.234. The molecule has 0 N–H and O–H groups in total. The summed E-state index contributed by atoms with van der Waals surface area (Å²) in [6.07, 6.45) is 13.5. The first-order valence-electron chi connectivity index (χ1n) is 12.8. The SMILES string of the molecule is [CH-]=C(C#N)[CH]=[Ni].[CH2-][C@H](C)[C@H]1CC[C@@H](C)C2[C@@H]3CC[C@]4(C)C[C@@H](C)CC[C@@H]4C3CC[C@@]21C. The van der Waals surface area contributed by atoms with E-state index < -0.39 is 0 Å². The molecule has 0 aliphatic heterocycles. The Morgan fingerprint density at radius 3 is 2.35 bits per heavy atom. The van der Waals surface area contributed by atoms with Crippen LogP contribution in [0, 0.1) is 83.0 Å². The molecule has 1 nitrogen and oxygen atoms in total. The van der Waals surface area contributed by atoms with Crippen LogP contribution in [0.25, 0.3) is 0 Å². The van der Waals surface area contributed by atoms with Crippen molar-refractivity contribution in [1.82, 2.24) is 0 Å². The van der Waals surface area contributed by atoms with Gasteiger partial charge in [-0.1, -0.05) is 59.8 Å². The molecule has 10 atom stereocenters. The van der Waals surface area contributed by atoms with Crippen LogP contribution in [0.4, 0.5) is 0 Å². The Bertz CT molecular complexity index is 704. The van der Waals surface area contributed by atoms with Gasteiger partial charge in [0, 0.05) is 0 Å². The van der Waals surface area contributed by atoms with Gasteiger partial charge < -0.3 is 6.92 Å². The summed E-state index contributed by atoms with van der Waals surface area (Å²) in [5.41, 5.74) is 1.36. The van der Waals surface area contributed by atoms with E-state index in [-0.39, 0.29) is 5.57 Å². The van der Waals surface area contributed by atoms with E-state index >= 15 is 0 Å². The minimum atomic E-state index is 0.106. The number of rotatable bonds is 2. The molecular weight excluding hydrogens is 421 g/mol. The summed E-state index contributed by atoms with van der Waals surface area (Å²) in [6.45, 7) is 22.3. The number of hydrogen-bond acceptors (Lipinski definition) is 1. The summed E-state index contributed by atoms with van der Waals surface area (Å²) in [5, 5.41) is 7.83. The first kappa shape index (κ1) is 25.2. The molecule has 4 fully saturated rings. The fourth-order valence-corrected chi connectivity index (χ4v) is 9.36. The van der Waals surface area contributed by atoms with Crippen LogP contribution >= 0.6 is 0 Å². The molecule has 178 valence electrons. The molecule has 4 aliphatic carbocycles. The topological polar surface area (TPSA) is 23.8 Å². The monoisotopic (exact) mass is 465 g/mol. The second kappa shape index (κ2) is 9.84. The molecule has 4 rings (SSSR count). The van der Waals surface area contributed by atoms with E-state index in [0.717, 1.165) is 41.4 Å². The van der Waals surface area contributed by atoms with Crippen LogP contribution in [0.1, 0.15) is 92.4 Å². The molecule has 0 saturated heterocycles. The summed E-state index contributed by atoms with van der Waals surface area (Å²) in [6, 6.07) is 1.66. The number of hydrogen-bond donors (Lipinski definition) is 0. The summed E-state index contributed by atoms with van der Waals surface area (Å²) in [4.78, 5) is 1.18. The summed E-state index contributed by atoms with van der Waals surface area (Å²) < 4.78 is 0. The van der Waals surface area contributed by atoms with Gasteiger partial charge in [0.1, 0.15) is 0 Å². The van der Waals surface area contributed by atoms with Crippen molar-refractivity contribution in [2.45, 2.75) is 92.4 Å². The maximum absolute atomic E-state index is 7.83. The maximum atomic E-state index is 7.83. The second-order valence-corrected chi connectivity index (χ2v) is 12.7. The van der Waals surface area contributed by atoms with Crippen LogP contribution in [-0.4, -0.2) is 4.99 Å². The first-order chi connectivity index (χ1) is 14.6. The molecule has 31 heavy (non-hydrogen) atoms. The van der Waals surface area contributed by atoms with Crippen LogP contribution in [0.15, 0.2) is 5.57 Å². The summed E-state index contributed by atoms with van der Waals surface area (Å²) >= 11 is 4.01. The Morgan fingerprint density at radius 1 is 1.10 bits per heavy atom. The van der Waals surface area contributed by atoms with Crippen LogP contribution in [-0.2, 0) is 15.0 Å². The number of nitriles is 1. The van der Waals surface area contributed by atoms with Crippen molar-refractivity contribution >= 4 is 4.99 Å². The number of nitrogens with zero attached hydrogens (tertiary/aromatic N) is 1. The third kappa shape index (κ3) is 4.79. The van der Waals surface area contributed by atoms with Crippen LogP contribution < -0.4 is 0 Å². The average molecular weight is 466 g/mol. The van der Waals surface area contributed by atoms with Gasteiger partial charge >= 0.3 is 43.5 Å². The van der Waals surface area contributed by atoms with Gasteiger partial charge in [-0.3, -0.25) is 0 Å². The molecule has 0 radical (unpaired) electrons. The van der Waals surface area contributed by atoms with Crippen molar-refractivity contribution in [3.05, 3.63) is 19.1 Å². The fraction of sp³-hybridized carbons (Fsp3) is 0.828. The molecule has 4 aliphatic rings. The maximum Gasteiger partial charge on any atom is -0.0286 e. The van der Waals surface area contributed by atoms with Gasteiger partial charge in [-0.2, -0.15) is 5.92 Å². The third-order valence-corrected chi connectivity index (χ3v) is 10.6. The van der Waals surface area contributed by atoms with Gasteiger partial charge in [0.25, 0.3) is 0 Å². The molecule has 2 heteroatoms. The van der Waals surface area contributed by atoms with Crippen molar-refractivity contribution in [3.63, 3.8) is 0 Å². The molecule has 0 spiro atoms. The first-order valence-corrected chi connectivity index (χ1v) is 13.4. The van der Waals surface area contributed by atoms with E-state index in [4.69, 9.17) is 11.8 Å². The Morgan fingerprint density at radius 2 is 1.77 bits per heavy atom. The largest absolute Gasteiger partial charge is 0.340 e. The zero-order valence-electron chi connectivity index (χ0n) is 20.6. The Kier molecular flexibility index (Phi) is 8.00. The van der Waals surface area contributed by atoms with Crippen molar-refractivity contribution in [1.29, 1.82) is 5.26 Å². The second-order valence-electron chi connectivity index (χ2n) is 12.4. The zero-order valence-corrected chi connectivity index (χ0v) is 21.6. The number of fused-ring (bicyclic) bond motifs is 5. The van der Waals surface area contributed by atoms with E-state index in [9.17, 15) is 0 Å². The van der Waals surface area contributed by atoms with Crippen LogP contribution in [0.2, 0.25) is 0 Å². The molecule has 0 aromatic rings. The molecular formula is C29H45NNi-2. The smallest absolute Gasteiger partial charge is 0.0286 e. The summed E-state index contributed by atoms with van der Waals surface area (Å²) in [5.74, 6) is 7.51. The average Bonchev–Trinajstić information content (AvgIpc) is 2.72. The van der Waals surface area contributed by atoms with Gasteiger partial charge in [-0.25, -0.2) is 0 Å². The minimum Gasteiger partial charge on any atom is -0.340 e. The van der Waals surface area contributed by atoms with E-state index in [1.54, 1.807) is 6.07 Å². The normalized spacial score (nSPS) is 47.3. The van der Waals surface area contributed by atoms with Gasteiger partial charge in [-0.15, -0.1) is 0 Å². The zero-order chi connectivity index (χ0) is 23.0. The molecule has 0 heterocycles. The molecule has 0 aromatic heterocycles. The molecule has 2 unspecified atom stereocenters. The third-order valence-electron chi connectivity index (χ3n) is 10.3. The van der Waals surface area contributed by atoms with Crippen molar-refractivity contribution in [2.24, 2.45) is 58.2 Å². The Hall–Kier alpha value is -0.406. The van der Waals surface area contributed by atoms with Crippen molar-refractivity contribution in [2.75, 3.05) is 0 Å². The fourth-order valence-electron chi connectivity index (χ4n) is 9.29. The molecule has 0 aromatic carbocycles. The summed E-state index contributed by atoms with van der Waals surface area (Å²) in [7, 11) is 0. The van der Waals surface area contributed by atoms with E-state index in [1.807, 2.05) is 0 Å². The predicted octanol–water partition coefficient (Wildman–Crippen LogP) is 7.61. The molecule has 4 saturated carbocycles. The molecule has 0 amide bonds. The minimum absolute atomic E-state index is 0.106. The van der Waals surface area contributed by atoms with Crippen molar-refractivity contribution in [3.8, 4) is 6.07 Å². The Labute approximate surface area is 200 Å². The van der Waals surface area contributed by atoms with Crippen LogP contribution in [0.5, 0.6) is 0 Å². The number of allylic oxidation sites excluding steroid dienone is 1. The van der Waals surface area contributed by atoms with Gasteiger partial charge in [0.05, 0.1) is 0 Å². The predicted molar refractivity (Wildman–Crippen MR) is 128 cm³/mol. The van der Waals surface area contributed by atoms with E-state index in [0.29, 0.717) is 16.7 Å². The molecule has 0 bridgehead atoms.